The van der Waals surface area contributed by atoms with Crippen molar-refractivity contribution in [1.82, 2.24) is 9.62 Å². The van der Waals surface area contributed by atoms with E-state index >= 15 is 0 Å². The van der Waals surface area contributed by atoms with Crippen LogP contribution < -0.4 is 14.4 Å². The Morgan fingerprint density at radius 2 is 1.34 bits per heavy atom. The van der Waals surface area contributed by atoms with Crippen LogP contribution in [0.5, 0.6) is 5.75 Å². The Kier molecular flexibility index (Phi) is 9.18. The van der Waals surface area contributed by atoms with Gasteiger partial charge < -0.3 is 10.1 Å². The molecule has 11 heteroatoms. The number of hydrogen-bond donors (Lipinski definition) is 1. The highest BCUT2D eigenvalue weighted by Gasteiger charge is 2.28. The van der Waals surface area contributed by atoms with E-state index in [4.69, 9.17) is 4.74 Å². The van der Waals surface area contributed by atoms with E-state index in [-0.39, 0.29) is 22.9 Å². The lowest BCUT2D eigenvalue weighted by Gasteiger charge is -2.26. The molecule has 0 aromatic heterocycles. The number of benzene rings is 3. The fourth-order valence-electron chi connectivity index (χ4n) is 3.59. The van der Waals surface area contributed by atoms with Gasteiger partial charge in [-0.1, -0.05) is 29.8 Å². The Morgan fingerprint density at radius 3 is 1.95 bits per heavy atom. The standard InChI is InChI=1S/C27H33N3O6S2/c1-20-7-12-25(13-8-20)38(34,35)30(26-18-21(2)6-9-22(26)3)19-27(31)28-16-17-36-23-10-14-24(15-11-23)37(32,33)29(4)5/h6-15,18H,16-17,19H2,1-5H3,(H,28,31). The van der Waals surface area contributed by atoms with E-state index in [9.17, 15) is 21.6 Å². The number of hydrogen-bond acceptors (Lipinski definition) is 6. The zero-order chi connectivity index (χ0) is 28.1. The topological polar surface area (TPSA) is 113 Å². The maximum Gasteiger partial charge on any atom is 0.264 e. The smallest absolute Gasteiger partial charge is 0.264 e. The summed E-state index contributed by atoms with van der Waals surface area (Å²) in [5.74, 6) is -0.0477. The summed E-state index contributed by atoms with van der Waals surface area (Å²) in [5, 5.41) is 2.70. The van der Waals surface area contributed by atoms with Crippen LogP contribution in [0.1, 0.15) is 16.7 Å². The highest BCUT2D eigenvalue weighted by Crippen LogP contribution is 2.28. The Morgan fingerprint density at radius 1 is 0.789 bits per heavy atom. The number of nitrogens with zero attached hydrogens (tertiary/aromatic N) is 2. The summed E-state index contributed by atoms with van der Waals surface area (Å²) < 4.78 is 59.3. The van der Waals surface area contributed by atoms with Crippen LogP contribution >= 0.6 is 0 Å². The Labute approximate surface area is 225 Å². The lowest BCUT2D eigenvalue weighted by molar-refractivity contribution is -0.119. The zero-order valence-corrected chi connectivity index (χ0v) is 23.8. The molecular weight excluding hydrogens is 526 g/mol. The van der Waals surface area contributed by atoms with Gasteiger partial charge >= 0.3 is 0 Å². The van der Waals surface area contributed by atoms with Gasteiger partial charge in [-0.15, -0.1) is 0 Å². The molecule has 0 saturated heterocycles. The quantitative estimate of drug-likeness (QED) is 0.361. The summed E-state index contributed by atoms with van der Waals surface area (Å²) in [7, 11) is -4.64. The first kappa shape index (κ1) is 29.2. The van der Waals surface area contributed by atoms with Crippen LogP contribution in [0.15, 0.2) is 76.5 Å². The average Bonchev–Trinajstić information content (AvgIpc) is 2.87. The van der Waals surface area contributed by atoms with Crippen LogP contribution in [0.2, 0.25) is 0 Å². The van der Waals surface area contributed by atoms with Crippen LogP contribution in [-0.4, -0.2) is 60.8 Å². The number of rotatable bonds is 11. The third kappa shape index (κ3) is 6.91. The number of sulfonamides is 2. The first-order chi connectivity index (χ1) is 17.8. The minimum atomic E-state index is -4.01. The predicted octanol–water partition coefficient (Wildman–Crippen LogP) is 3.25. The second-order valence-electron chi connectivity index (χ2n) is 9.07. The number of amides is 1. The molecule has 1 N–H and O–H groups in total. The SMILES string of the molecule is Cc1ccc(S(=O)(=O)N(CC(=O)NCCOc2ccc(S(=O)(=O)N(C)C)cc2)c2cc(C)ccc2C)cc1. The maximum absolute atomic E-state index is 13.6. The van der Waals surface area contributed by atoms with E-state index in [1.54, 1.807) is 25.1 Å². The fraction of sp³-hybridized carbons (Fsp3) is 0.296. The Hall–Kier alpha value is -3.41. The van der Waals surface area contributed by atoms with Crippen molar-refractivity contribution in [2.24, 2.45) is 0 Å². The van der Waals surface area contributed by atoms with E-state index < -0.39 is 32.5 Å². The van der Waals surface area contributed by atoms with Gasteiger partial charge in [0, 0.05) is 14.1 Å². The highest BCUT2D eigenvalue weighted by atomic mass is 32.2. The van der Waals surface area contributed by atoms with Crippen molar-refractivity contribution in [3.05, 3.63) is 83.4 Å². The number of carbonyl (C=O) groups is 1. The van der Waals surface area contributed by atoms with Crippen molar-refractivity contribution < 1.29 is 26.4 Å². The highest BCUT2D eigenvalue weighted by molar-refractivity contribution is 7.92. The maximum atomic E-state index is 13.6. The minimum absolute atomic E-state index is 0.0971. The molecule has 38 heavy (non-hydrogen) atoms. The summed E-state index contributed by atoms with van der Waals surface area (Å²) >= 11 is 0. The molecule has 0 unspecified atom stereocenters. The molecule has 9 nitrogen and oxygen atoms in total. The molecular formula is C27H33N3O6S2. The molecule has 204 valence electrons. The van der Waals surface area contributed by atoms with Gasteiger partial charge in [-0.25, -0.2) is 21.1 Å². The predicted molar refractivity (Wildman–Crippen MR) is 147 cm³/mol. The van der Waals surface area contributed by atoms with Crippen molar-refractivity contribution in [1.29, 1.82) is 0 Å². The largest absolute Gasteiger partial charge is 0.492 e. The molecule has 0 heterocycles. The first-order valence-corrected chi connectivity index (χ1v) is 14.8. The molecule has 0 aliphatic rings. The van der Waals surface area contributed by atoms with Crippen LogP contribution in [-0.2, 0) is 24.8 Å². The van der Waals surface area contributed by atoms with Gasteiger partial charge in [0.2, 0.25) is 15.9 Å². The average molecular weight is 560 g/mol. The summed E-state index contributed by atoms with van der Waals surface area (Å²) in [6, 6.07) is 17.9. The van der Waals surface area contributed by atoms with E-state index in [0.29, 0.717) is 11.4 Å². The van der Waals surface area contributed by atoms with E-state index in [1.807, 2.05) is 26.0 Å². The van der Waals surface area contributed by atoms with Gasteiger partial charge in [0.25, 0.3) is 10.0 Å². The molecule has 0 fully saturated rings. The molecule has 0 atom stereocenters. The van der Waals surface area contributed by atoms with Crippen molar-refractivity contribution in [2.75, 3.05) is 38.1 Å². The van der Waals surface area contributed by atoms with E-state index in [1.165, 1.54) is 50.5 Å². The monoisotopic (exact) mass is 559 g/mol. The molecule has 0 saturated carbocycles. The number of aryl methyl sites for hydroxylation is 3. The molecule has 0 spiro atoms. The Bertz CT molecular complexity index is 1480. The van der Waals surface area contributed by atoms with Crippen LogP contribution in [0.25, 0.3) is 0 Å². The van der Waals surface area contributed by atoms with Gasteiger partial charge in [-0.05, 0) is 74.4 Å². The van der Waals surface area contributed by atoms with Gasteiger partial charge in [0.15, 0.2) is 0 Å². The number of anilines is 1. The molecule has 0 radical (unpaired) electrons. The molecule has 3 aromatic carbocycles. The van der Waals surface area contributed by atoms with Gasteiger partial charge in [-0.2, -0.15) is 0 Å². The van der Waals surface area contributed by atoms with E-state index in [2.05, 4.69) is 5.32 Å². The van der Waals surface area contributed by atoms with Crippen LogP contribution in [0.4, 0.5) is 5.69 Å². The summed E-state index contributed by atoms with van der Waals surface area (Å²) in [4.78, 5) is 13.1. The van der Waals surface area contributed by atoms with Gasteiger partial charge in [-0.3, -0.25) is 9.10 Å². The molecule has 0 bridgehead atoms. The zero-order valence-electron chi connectivity index (χ0n) is 22.1. The van der Waals surface area contributed by atoms with Gasteiger partial charge in [0.05, 0.1) is 22.0 Å². The summed E-state index contributed by atoms with van der Waals surface area (Å²) in [6.07, 6.45) is 0. The van der Waals surface area contributed by atoms with Crippen molar-refractivity contribution >= 4 is 31.6 Å². The van der Waals surface area contributed by atoms with Gasteiger partial charge in [0.1, 0.15) is 18.9 Å². The second-order valence-corrected chi connectivity index (χ2v) is 13.1. The van der Waals surface area contributed by atoms with E-state index in [0.717, 1.165) is 25.3 Å². The first-order valence-electron chi connectivity index (χ1n) is 11.9. The molecule has 3 aromatic rings. The molecule has 1 amide bonds. The number of carbonyl (C=O) groups excluding carboxylic acids is 1. The van der Waals surface area contributed by atoms with Crippen LogP contribution in [0, 0.1) is 20.8 Å². The fourth-order valence-corrected chi connectivity index (χ4v) is 5.97. The normalized spacial score (nSPS) is 11.8. The third-order valence-corrected chi connectivity index (χ3v) is 9.43. The summed E-state index contributed by atoms with van der Waals surface area (Å²) in [6.45, 7) is 5.36. The van der Waals surface area contributed by atoms with Crippen molar-refractivity contribution in [3.63, 3.8) is 0 Å². The molecule has 0 aliphatic carbocycles. The van der Waals surface area contributed by atoms with Crippen molar-refractivity contribution in [3.8, 4) is 5.75 Å². The number of ether oxygens (including phenoxy) is 1. The molecule has 3 rings (SSSR count). The Balaban J connectivity index is 1.68. The van der Waals surface area contributed by atoms with Crippen molar-refractivity contribution in [2.45, 2.75) is 30.6 Å². The van der Waals surface area contributed by atoms with Crippen LogP contribution in [0.3, 0.4) is 0 Å². The number of nitrogens with one attached hydrogen (secondary N) is 1. The molecule has 0 aliphatic heterocycles. The minimum Gasteiger partial charge on any atom is -0.492 e. The lowest BCUT2D eigenvalue weighted by Crippen LogP contribution is -2.42. The second kappa shape index (κ2) is 12.0. The summed E-state index contributed by atoms with van der Waals surface area (Å²) in [5.41, 5.74) is 2.95. The third-order valence-electron chi connectivity index (χ3n) is 5.82. The lowest BCUT2D eigenvalue weighted by atomic mass is 10.1.